The molecule has 0 fully saturated rings. The van der Waals surface area contributed by atoms with Crippen molar-refractivity contribution in [2.45, 2.75) is 58.3 Å². The fraction of sp³-hybridized carbons (Fsp3) is 0.667. The van der Waals surface area contributed by atoms with E-state index >= 15 is 0 Å². The van der Waals surface area contributed by atoms with E-state index in [1.54, 1.807) is 0 Å². The molecule has 23 heavy (non-hydrogen) atoms. The average Bonchev–Trinajstić information content (AvgIpc) is 2.56. The number of rotatable bonds is 14. The van der Waals surface area contributed by atoms with Crippen LogP contribution in [0.5, 0.6) is 0 Å². The van der Waals surface area contributed by atoms with Crippen LogP contribution in [0.25, 0.3) is 0 Å². The molecule has 0 saturated carbocycles. The standard InChI is InChI=1S/C15H29N7O/c1-2-3-4-5-6-7-8-9-10-18-21-22-20-14-12-17-11-13(19-14)15(16)23/h11-12,18,21-22H,2-10H2,1H3,(H2,16,23)(H,19,20). The van der Waals surface area contributed by atoms with Gasteiger partial charge in [0.15, 0.2) is 5.82 Å². The number of hydrogen-bond donors (Lipinski definition) is 5. The molecular formula is C15H29N7O. The van der Waals surface area contributed by atoms with E-state index in [0.29, 0.717) is 5.82 Å². The Morgan fingerprint density at radius 3 is 2.43 bits per heavy atom. The Kier molecular flexibility index (Phi) is 10.7. The third-order valence-electron chi connectivity index (χ3n) is 3.38. The Morgan fingerprint density at radius 1 is 1.04 bits per heavy atom. The van der Waals surface area contributed by atoms with E-state index in [1.165, 1.54) is 57.3 Å². The topological polar surface area (TPSA) is 117 Å². The zero-order chi connectivity index (χ0) is 16.8. The fourth-order valence-corrected chi connectivity index (χ4v) is 2.09. The highest BCUT2D eigenvalue weighted by Crippen LogP contribution is 2.07. The van der Waals surface area contributed by atoms with Crippen molar-refractivity contribution in [3.8, 4) is 0 Å². The van der Waals surface area contributed by atoms with Crippen LogP contribution in [0.4, 0.5) is 5.82 Å². The summed E-state index contributed by atoms with van der Waals surface area (Å²) in [4.78, 5) is 18.8. The third kappa shape index (κ3) is 9.77. The van der Waals surface area contributed by atoms with Gasteiger partial charge in [-0.1, -0.05) is 51.9 Å². The predicted molar refractivity (Wildman–Crippen MR) is 91.1 cm³/mol. The number of hydrazine groups is 3. The molecule has 0 aromatic carbocycles. The molecule has 0 spiro atoms. The van der Waals surface area contributed by atoms with Crippen LogP contribution >= 0.6 is 0 Å². The SMILES string of the molecule is CCCCCCCCCCNNNNc1cncc(C(N)=O)n1. The van der Waals surface area contributed by atoms with Crippen molar-refractivity contribution in [3.63, 3.8) is 0 Å². The molecule has 130 valence electrons. The lowest BCUT2D eigenvalue weighted by atomic mass is 10.1. The van der Waals surface area contributed by atoms with Crippen molar-refractivity contribution < 1.29 is 4.79 Å². The number of amides is 1. The molecule has 0 aliphatic carbocycles. The maximum absolute atomic E-state index is 11.0. The zero-order valence-corrected chi connectivity index (χ0v) is 13.9. The Hall–Kier alpha value is -1.77. The average molecular weight is 323 g/mol. The van der Waals surface area contributed by atoms with Gasteiger partial charge in [0, 0.05) is 6.54 Å². The molecule has 8 nitrogen and oxygen atoms in total. The predicted octanol–water partition coefficient (Wildman–Crippen LogP) is 1.64. The van der Waals surface area contributed by atoms with Gasteiger partial charge in [-0.25, -0.2) is 10.4 Å². The molecule has 0 aliphatic heterocycles. The number of hydrogen-bond acceptors (Lipinski definition) is 7. The van der Waals surface area contributed by atoms with E-state index < -0.39 is 5.91 Å². The molecule has 0 radical (unpaired) electrons. The molecule has 1 aromatic rings. The highest BCUT2D eigenvalue weighted by atomic mass is 16.1. The van der Waals surface area contributed by atoms with Crippen molar-refractivity contribution >= 4 is 11.7 Å². The monoisotopic (exact) mass is 323 g/mol. The highest BCUT2D eigenvalue weighted by molar-refractivity contribution is 5.90. The summed E-state index contributed by atoms with van der Waals surface area (Å²) in [6.45, 7) is 3.11. The van der Waals surface area contributed by atoms with Crippen LogP contribution in [0, 0.1) is 0 Å². The minimum absolute atomic E-state index is 0.115. The molecule has 0 unspecified atom stereocenters. The first-order chi connectivity index (χ1) is 11.2. The second kappa shape index (κ2) is 12.7. The highest BCUT2D eigenvalue weighted by Gasteiger charge is 2.03. The van der Waals surface area contributed by atoms with Crippen LogP contribution in [0.2, 0.25) is 0 Å². The van der Waals surface area contributed by atoms with Crippen LogP contribution in [0.1, 0.15) is 68.8 Å². The van der Waals surface area contributed by atoms with Gasteiger partial charge in [-0.2, -0.15) is 11.1 Å². The first-order valence-corrected chi connectivity index (χ1v) is 8.34. The maximum Gasteiger partial charge on any atom is 0.268 e. The molecule has 1 amide bonds. The van der Waals surface area contributed by atoms with Crippen LogP contribution in [-0.4, -0.2) is 22.4 Å². The summed E-state index contributed by atoms with van der Waals surface area (Å²) >= 11 is 0. The molecular weight excluding hydrogens is 294 g/mol. The van der Waals surface area contributed by atoms with E-state index in [9.17, 15) is 4.79 Å². The first-order valence-electron chi connectivity index (χ1n) is 8.34. The molecule has 0 atom stereocenters. The van der Waals surface area contributed by atoms with Gasteiger partial charge in [0.25, 0.3) is 5.91 Å². The van der Waals surface area contributed by atoms with Gasteiger partial charge in [0.1, 0.15) is 5.69 Å². The van der Waals surface area contributed by atoms with Crippen molar-refractivity contribution in [1.29, 1.82) is 0 Å². The quantitative estimate of drug-likeness (QED) is 0.261. The van der Waals surface area contributed by atoms with Gasteiger partial charge in [0.2, 0.25) is 0 Å². The van der Waals surface area contributed by atoms with Gasteiger partial charge in [-0.15, -0.1) is 0 Å². The summed E-state index contributed by atoms with van der Waals surface area (Å²) < 4.78 is 0. The molecule has 1 rings (SSSR count). The fourth-order valence-electron chi connectivity index (χ4n) is 2.09. The summed E-state index contributed by atoms with van der Waals surface area (Å²) in [6, 6.07) is 0. The number of carbonyl (C=O) groups excluding carboxylic acids is 1. The Bertz CT molecular complexity index is 442. The summed E-state index contributed by atoms with van der Waals surface area (Å²) in [6.07, 6.45) is 13.2. The molecule has 0 bridgehead atoms. The van der Waals surface area contributed by atoms with Crippen LogP contribution < -0.4 is 27.7 Å². The smallest absolute Gasteiger partial charge is 0.268 e. The number of primary amides is 1. The Labute approximate surface area is 137 Å². The Balaban J connectivity index is 1.93. The van der Waals surface area contributed by atoms with Crippen LogP contribution in [0.15, 0.2) is 12.4 Å². The third-order valence-corrected chi connectivity index (χ3v) is 3.38. The van der Waals surface area contributed by atoms with E-state index in [2.05, 4.69) is 38.8 Å². The first kappa shape index (κ1) is 19.3. The van der Waals surface area contributed by atoms with Crippen molar-refractivity contribution in [1.82, 2.24) is 26.5 Å². The molecule has 1 aromatic heterocycles. The molecule has 0 saturated heterocycles. The molecule has 6 N–H and O–H groups in total. The number of nitrogens with one attached hydrogen (secondary N) is 4. The molecule has 0 aliphatic rings. The van der Waals surface area contributed by atoms with Gasteiger partial charge >= 0.3 is 0 Å². The number of anilines is 1. The minimum Gasteiger partial charge on any atom is -0.364 e. The number of unbranched alkanes of at least 4 members (excludes halogenated alkanes) is 7. The van der Waals surface area contributed by atoms with Gasteiger partial charge in [-0.05, 0) is 6.42 Å². The van der Waals surface area contributed by atoms with E-state index in [4.69, 9.17) is 5.73 Å². The largest absolute Gasteiger partial charge is 0.364 e. The van der Waals surface area contributed by atoms with Crippen LogP contribution in [0.3, 0.4) is 0 Å². The van der Waals surface area contributed by atoms with Crippen LogP contribution in [-0.2, 0) is 0 Å². The number of nitrogens with two attached hydrogens (primary N) is 1. The number of aromatic nitrogens is 2. The van der Waals surface area contributed by atoms with E-state index in [1.807, 2.05) is 0 Å². The molecule has 1 heterocycles. The van der Waals surface area contributed by atoms with Crippen molar-refractivity contribution in [2.24, 2.45) is 5.73 Å². The van der Waals surface area contributed by atoms with Gasteiger partial charge in [0.05, 0.1) is 12.4 Å². The minimum atomic E-state index is -0.609. The van der Waals surface area contributed by atoms with E-state index in [-0.39, 0.29) is 5.69 Å². The summed E-state index contributed by atoms with van der Waals surface area (Å²) in [5.41, 5.74) is 16.6. The van der Waals surface area contributed by atoms with Crippen molar-refractivity contribution in [2.75, 3.05) is 12.0 Å². The Morgan fingerprint density at radius 2 is 1.74 bits per heavy atom. The second-order valence-corrected chi connectivity index (χ2v) is 5.43. The van der Waals surface area contributed by atoms with Crippen molar-refractivity contribution in [3.05, 3.63) is 18.1 Å². The maximum atomic E-state index is 11.0. The number of nitrogens with zero attached hydrogens (tertiary/aromatic N) is 2. The summed E-state index contributed by atoms with van der Waals surface area (Å²) in [7, 11) is 0. The summed E-state index contributed by atoms with van der Waals surface area (Å²) in [5, 5.41) is 0. The van der Waals surface area contributed by atoms with Gasteiger partial charge in [-0.3, -0.25) is 15.2 Å². The van der Waals surface area contributed by atoms with E-state index in [0.717, 1.165) is 13.0 Å². The van der Waals surface area contributed by atoms with Gasteiger partial charge < -0.3 is 5.73 Å². The summed E-state index contributed by atoms with van der Waals surface area (Å²) in [5.74, 6) is -0.204. The number of carbonyl (C=O) groups is 1. The lowest BCUT2D eigenvalue weighted by Gasteiger charge is -2.10. The molecule has 8 heteroatoms. The normalized spacial score (nSPS) is 10.7. The second-order valence-electron chi connectivity index (χ2n) is 5.43. The lowest BCUT2D eigenvalue weighted by Crippen LogP contribution is -2.46. The zero-order valence-electron chi connectivity index (χ0n) is 13.9. The lowest BCUT2D eigenvalue weighted by molar-refractivity contribution is 0.0995.